The zero-order valence-electron chi connectivity index (χ0n) is 25.8. The van der Waals surface area contributed by atoms with Crippen molar-refractivity contribution in [2.45, 2.75) is 19.6 Å². The lowest BCUT2D eigenvalue weighted by Gasteiger charge is -2.33. The maximum absolute atomic E-state index is 11.8. The fourth-order valence-electron chi connectivity index (χ4n) is 6.08. The van der Waals surface area contributed by atoms with E-state index in [1.54, 1.807) is 0 Å². The molecule has 0 amide bonds. The summed E-state index contributed by atoms with van der Waals surface area (Å²) in [5.74, 6) is -1.72. The first-order valence-electron chi connectivity index (χ1n) is 15.6. The average Bonchev–Trinajstić information content (AvgIpc) is 3.45. The Morgan fingerprint density at radius 2 is 1.13 bits per heavy atom. The predicted octanol–water partition coefficient (Wildman–Crippen LogP) is 1.85. The number of fused-ring (bicyclic) bond motifs is 8. The molecule has 0 atom stereocenters. The van der Waals surface area contributed by atoms with Crippen molar-refractivity contribution in [3.63, 3.8) is 0 Å². The number of carboxylic acid groups (broad SMARTS) is 2. The lowest BCUT2D eigenvalue weighted by molar-refractivity contribution is -0.139. The molecular formula is C33H39N9O4. The van der Waals surface area contributed by atoms with E-state index in [4.69, 9.17) is 9.97 Å². The van der Waals surface area contributed by atoms with Gasteiger partial charge in [0.2, 0.25) is 0 Å². The molecule has 0 radical (unpaired) electrons. The minimum absolute atomic E-state index is 0.0481. The Morgan fingerprint density at radius 3 is 1.70 bits per heavy atom. The highest BCUT2D eigenvalue weighted by atomic mass is 16.4. The molecule has 2 N–H and O–H groups in total. The van der Waals surface area contributed by atoms with Crippen molar-refractivity contribution >= 4 is 11.9 Å². The largest absolute Gasteiger partial charge is 0.480 e. The van der Waals surface area contributed by atoms with E-state index in [0.29, 0.717) is 72.0 Å². The Hall–Kier alpha value is -4.56. The summed E-state index contributed by atoms with van der Waals surface area (Å²) in [6, 6.07) is 21.8. The summed E-state index contributed by atoms with van der Waals surface area (Å²) in [6.07, 6.45) is 0. The van der Waals surface area contributed by atoms with Crippen LogP contribution in [0.5, 0.6) is 0 Å². The minimum Gasteiger partial charge on any atom is -0.480 e. The first-order chi connectivity index (χ1) is 22.4. The monoisotopic (exact) mass is 625 g/mol. The number of carboxylic acids is 2. The van der Waals surface area contributed by atoms with Gasteiger partial charge in [-0.25, -0.2) is 9.67 Å². The highest BCUT2D eigenvalue weighted by Gasteiger charge is 2.22. The standard InChI is InChI=1S/C33H39N9O4/c43-30(44)23-40-16-12-38-13-17-41(24-31(45)46)19-15-39(14-18-40)21-27-10-5-11-29(35-27)33-32(25-6-2-1-3-7-25)36-37-42(33)22-28-9-4-8-26(20-38)34-28/h1-11H,12-24H2,(H,43,44)(H,45,46). The number of carbonyl (C=O) groups is 2. The molecule has 1 aromatic carbocycles. The van der Waals surface area contributed by atoms with Crippen LogP contribution >= 0.6 is 0 Å². The number of hydrogen-bond acceptors (Lipinski definition) is 10. The molecule has 3 aromatic heterocycles. The van der Waals surface area contributed by atoms with Gasteiger partial charge in [0.25, 0.3) is 0 Å². The van der Waals surface area contributed by atoms with Crippen LogP contribution in [0.15, 0.2) is 66.7 Å². The third kappa shape index (κ3) is 8.17. The molecule has 7 rings (SSSR count). The van der Waals surface area contributed by atoms with E-state index >= 15 is 0 Å². The number of hydrogen-bond donors (Lipinski definition) is 2. The zero-order chi connectivity index (χ0) is 31.9. The van der Waals surface area contributed by atoms with Gasteiger partial charge in [0.1, 0.15) is 11.4 Å². The Balaban J connectivity index is 1.44. The number of rotatable bonds is 5. The van der Waals surface area contributed by atoms with Crippen molar-refractivity contribution in [3.05, 3.63) is 83.8 Å². The fourth-order valence-corrected chi connectivity index (χ4v) is 6.08. The van der Waals surface area contributed by atoms with E-state index in [-0.39, 0.29) is 13.1 Å². The van der Waals surface area contributed by atoms with Crippen LogP contribution in [0.3, 0.4) is 0 Å². The number of benzene rings is 1. The Kier molecular flexibility index (Phi) is 10.0. The summed E-state index contributed by atoms with van der Waals surface area (Å²) < 4.78 is 1.87. The topological polar surface area (TPSA) is 144 Å². The first kappa shape index (κ1) is 31.4. The van der Waals surface area contributed by atoms with Crippen LogP contribution in [-0.4, -0.2) is 132 Å². The number of nitrogens with zero attached hydrogens (tertiary/aromatic N) is 9. The third-order valence-electron chi connectivity index (χ3n) is 8.43. The van der Waals surface area contributed by atoms with Crippen LogP contribution in [-0.2, 0) is 29.2 Å². The van der Waals surface area contributed by atoms with Crippen molar-refractivity contribution < 1.29 is 19.8 Å². The molecule has 3 aliphatic heterocycles. The number of pyridine rings is 2. The van der Waals surface area contributed by atoms with Crippen LogP contribution in [0.1, 0.15) is 17.1 Å². The van der Waals surface area contributed by atoms with Crippen molar-refractivity contribution in [1.82, 2.24) is 44.6 Å². The Bertz CT molecular complexity index is 1620. The molecule has 0 unspecified atom stereocenters. The third-order valence-corrected chi connectivity index (χ3v) is 8.43. The van der Waals surface area contributed by atoms with Crippen LogP contribution in [0.25, 0.3) is 22.6 Å². The molecule has 3 aliphatic rings. The van der Waals surface area contributed by atoms with Gasteiger partial charge in [-0.1, -0.05) is 47.7 Å². The van der Waals surface area contributed by atoms with Crippen LogP contribution in [0, 0.1) is 0 Å². The van der Waals surface area contributed by atoms with Gasteiger partial charge in [0.05, 0.1) is 42.4 Å². The maximum Gasteiger partial charge on any atom is 0.317 e. The van der Waals surface area contributed by atoms with Gasteiger partial charge in [-0.15, -0.1) is 5.10 Å². The molecule has 0 aliphatic carbocycles. The fraction of sp³-hybridized carbons (Fsp3) is 0.394. The molecule has 4 aromatic rings. The summed E-state index contributed by atoms with van der Waals surface area (Å²) in [7, 11) is 0. The van der Waals surface area contributed by atoms with Crippen molar-refractivity contribution in [1.29, 1.82) is 0 Å². The van der Waals surface area contributed by atoms with Gasteiger partial charge in [-0.05, 0) is 24.3 Å². The van der Waals surface area contributed by atoms with Crippen LogP contribution < -0.4 is 0 Å². The SMILES string of the molecule is O=C(O)CN1CCN2CCN(CC(=O)O)CCN(CC1)Cc1cccc(n1)-c1c(-c3ccccc3)nnn1Cc1cccc(n1)C2. The minimum atomic E-state index is -0.858. The molecule has 6 heterocycles. The number of aromatic nitrogens is 5. The van der Waals surface area contributed by atoms with E-state index in [1.807, 2.05) is 81.2 Å². The lowest BCUT2D eigenvalue weighted by Crippen LogP contribution is -2.47. The molecule has 0 saturated carbocycles. The van der Waals surface area contributed by atoms with E-state index in [1.165, 1.54) is 0 Å². The second-order valence-electron chi connectivity index (χ2n) is 11.8. The molecule has 1 fully saturated rings. The van der Waals surface area contributed by atoms with Gasteiger partial charge in [0, 0.05) is 71.0 Å². The second-order valence-corrected chi connectivity index (χ2v) is 11.8. The van der Waals surface area contributed by atoms with Gasteiger partial charge in [0.15, 0.2) is 0 Å². The first-order valence-corrected chi connectivity index (χ1v) is 15.6. The van der Waals surface area contributed by atoms with E-state index in [9.17, 15) is 19.8 Å². The molecule has 6 bridgehead atoms. The predicted molar refractivity (Wildman–Crippen MR) is 171 cm³/mol. The summed E-state index contributed by atoms with van der Waals surface area (Å²) in [4.78, 5) is 42.1. The Labute approximate surface area is 267 Å². The molecule has 240 valence electrons. The molecule has 13 nitrogen and oxygen atoms in total. The molecule has 13 heteroatoms. The maximum atomic E-state index is 11.8. The van der Waals surface area contributed by atoms with E-state index in [0.717, 1.165) is 39.7 Å². The van der Waals surface area contributed by atoms with Gasteiger partial charge >= 0.3 is 11.9 Å². The van der Waals surface area contributed by atoms with Crippen molar-refractivity contribution in [2.75, 3.05) is 65.4 Å². The zero-order valence-corrected chi connectivity index (χ0v) is 25.8. The summed E-state index contributed by atoms with van der Waals surface area (Å²) in [6.45, 7) is 6.09. The molecule has 1 saturated heterocycles. The van der Waals surface area contributed by atoms with Crippen LogP contribution in [0.2, 0.25) is 0 Å². The van der Waals surface area contributed by atoms with E-state index in [2.05, 4.69) is 20.1 Å². The second kappa shape index (κ2) is 14.7. The van der Waals surface area contributed by atoms with Gasteiger partial charge in [-0.2, -0.15) is 0 Å². The van der Waals surface area contributed by atoms with Crippen molar-refractivity contribution in [3.8, 4) is 22.6 Å². The van der Waals surface area contributed by atoms with Gasteiger partial charge < -0.3 is 10.2 Å². The molecular weight excluding hydrogens is 586 g/mol. The molecule has 0 spiro atoms. The smallest absolute Gasteiger partial charge is 0.317 e. The van der Waals surface area contributed by atoms with E-state index < -0.39 is 11.9 Å². The van der Waals surface area contributed by atoms with Gasteiger partial charge in [-0.3, -0.25) is 34.2 Å². The summed E-state index contributed by atoms with van der Waals surface area (Å²) >= 11 is 0. The van der Waals surface area contributed by atoms with Crippen LogP contribution in [0.4, 0.5) is 0 Å². The highest BCUT2D eigenvalue weighted by Crippen LogP contribution is 2.30. The molecule has 46 heavy (non-hydrogen) atoms. The highest BCUT2D eigenvalue weighted by molar-refractivity contribution is 5.76. The number of aliphatic carboxylic acids is 2. The normalized spacial score (nSPS) is 20.0. The quantitative estimate of drug-likeness (QED) is 0.334. The Morgan fingerprint density at radius 1 is 0.609 bits per heavy atom. The lowest BCUT2D eigenvalue weighted by atomic mass is 10.1. The van der Waals surface area contributed by atoms with Crippen molar-refractivity contribution in [2.24, 2.45) is 0 Å². The summed E-state index contributed by atoms with van der Waals surface area (Å²) in [5.41, 5.74) is 5.77. The summed E-state index contributed by atoms with van der Waals surface area (Å²) in [5, 5.41) is 28.5. The average molecular weight is 626 g/mol.